The van der Waals surface area contributed by atoms with Gasteiger partial charge in [-0.15, -0.1) is 24.0 Å². The summed E-state index contributed by atoms with van der Waals surface area (Å²) in [6.45, 7) is 3.93. The number of halogens is 2. The van der Waals surface area contributed by atoms with E-state index in [1.165, 1.54) is 5.69 Å². The molecule has 1 aromatic heterocycles. The molecular weight excluding hydrogens is 521 g/mol. The van der Waals surface area contributed by atoms with E-state index in [9.17, 15) is 4.79 Å². The molecule has 0 aliphatic rings. The van der Waals surface area contributed by atoms with Crippen molar-refractivity contribution in [1.29, 1.82) is 0 Å². The summed E-state index contributed by atoms with van der Waals surface area (Å²) >= 11 is 3.50. The molecule has 0 radical (unpaired) electrons. The Bertz CT molecular complexity index is 773. The van der Waals surface area contributed by atoms with Crippen molar-refractivity contribution in [3.63, 3.8) is 0 Å². The SMILES string of the molecule is CCNC(=O)c1ccc(CNC(=NC)N(C)Cc2cc(Br)cn2C)cc1.I. The molecule has 2 aromatic rings. The Hall–Kier alpha value is -1.55. The van der Waals surface area contributed by atoms with Gasteiger partial charge in [0.25, 0.3) is 5.91 Å². The first-order chi connectivity index (χ1) is 12.4. The van der Waals surface area contributed by atoms with Crippen LogP contribution in [-0.4, -0.2) is 42.0 Å². The van der Waals surface area contributed by atoms with Crippen LogP contribution in [0.1, 0.15) is 28.5 Å². The monoisotopic (exact) mass is 547 g/mol. The summed E-state index contributed by atoms with van der Waals surface area (Å²) in [7, 11) is 5.81. The third kappa shape index (κ3) is 6.84. The predicted molar refractivity (Wildman–Crippen MR) is 125 cm³/mol. The van der Waals surface area contributed by atoms with Crippen molar-refractivity contribution in [2.75, 3.05) is 20.6 Å². The first-order valence-corrected chi connectivity index (χ1v) is 9.33. The van der Waals surface area contributed by atoms with Gasteiger partial charge in [0.2, 0.25) is 0 Å². The van der Waals surface area contributed by atoms with Gasteiger partial charge in [-0.25, -0.2) is 0 Å². The molecule has 2 N–H and O–H groups in total. The van der Waals surface area contributed by atoms with Crippen LogP contribution in [-0.2, 0) is 20.1 Å². The third-order valence-electron chi connectivity index (χ3n) is 4.05. The molecule has 0 saturated heterocycles. The van der Waals surface area contributed by atoms with E-state index in [0.29, 0.717) is 18.7 Å². The fourth-order valence-electron chi connectivity index (χ4n) is 2.64. The summed E-state index contributed by atoms with van der Waals surface area (Å²) in [6, 6.07) is 9.70. The number of rotatable bonds is 6. The summed E-state index contributed by atoms with van der Waals surface area (Å²) in [5.74, 6) is 0.770. The Labute approximate surface area is 186 Å². The molecule has 148 valence electrons. The topological polar surface area (TPSA) is 61.7 Å². The number of aliphatic imine (C=N–C) groups is 1. The fourth-order valence-corrected chi connectivity index (χ4v) is 3.22. The fraction of sp³-hybridized carbons (Fsp3) is 0.368. The number of aryl methyl sites for hydroxylation is 1. The zero-order valence-electron chi connectivity index (χ0n) is 16.1. The van der Waals surface area contributed by atoms with Gasteiger partial charge in [-0.3, -0.25) is 9.79 Å². The summed E-state index contributed by atoms with van der Waals surface area (Å²) in [5.41, 5.74) is 2.95. The second-order valence-corrected chi connectivity index (χ2v) is 6.99. The number of nitrogens with one attached hydrogen (secondary N) is 2. The average Bonchev–Trinajstić information content (AvgIpc) is 2.93. The van der Waals surface area contributed by atoms with E-state index in [-0.39, 0.29) is 29.9 Å². The molecule has 0 saturated carbocycles. The molecule has 0 spiro atoms. The van der Waals surface area contributed by atoms with Crippen LogP contribution in [0.4, 0.5) is 0 Å². The Morgan fingerprint density at radius 3 is 2.44 bits per heavy atom. The predicted octanol–water partition coefficient (Wildman–Crippen LogP) is 3.36. The van der Waals surface area contributed by atoms with Crippen molar-refractivity contribution in [2.45, 2.75) is 20.0 Å². The van der Waals surface area contributed by atoms with Crippen molar-refractivity contribution in [2.24, 2.45) is 12.0 Å². The van der Waals surface area contributed by atoms with Crippen LogP contribution in [0.2, 0.25) is 0 Å². The molecule has 0 atom stereocenters. The molecule has 1 heterocycles. The van der Waals surface area contributed by atoms with Crippen molar-refractivity contribution >= 4 is 51.8 Å². The zero-order valence-corrected chi connectivity index (χ0v) is 20.0. The van der Waals surface area contributed by atoms with Gasteiger partial charge >= 0.3 is 0 Å². The van der Waals surface area contributed by atoms with E-state index in [0.717, 1.165) is 22.5 Å². The van der Waals surface area contributed by atoms with E-state index in [4.69, 9.17) is 0 Å². The second kappa shape index (κ2) is 11.3. The Morgan fingerprint density at radius 1 is 1.26 bits per heavy atom. The standard InChI is InChI=1S/C19H26BrN5O.HI/c1-5-22-18(26)15-8-6-14(7-9-15)11-23-19(21-2)25(4)13-17-10-16(20)12-24(17)3;/h6-10,12H,5,11,13H2,1-4H3,(H,21,23)(H,22,26);1H. The van der Waals surface area contributed by atoms with E-state index in [1.54, 1.807) is 7.05 Å². The molecule has 0 aliphatic heterocycles. The minimum Gasteiger partial charge on any atom is -0.352 e. The molecule has 6 nitrogen and oxygen atoms in total. The number of aromatic nitrogens is 1. The van der Waals surface area contributed by atoms with Gasteiger partial charge < -0.3 is 20.1 Å². The minimum atomic E-state index is -0.0451. The molecule has 0 unspecified atom stereocenters. The second-order valence-electron chi connectivity index (χ2n) is 6.07. The van der Waals surface area contributed by atoms with Crippen molar-refractivity contribution in [3.8, 4) is 0 Å². The molecule has 27 heavy (non-hydrogen) atoms. The lowest BCUT2D eigenvalue weighted by Gasteiger charge is -2.22. The molecule has 0 bridgehead atoms. The molecule has 8 heteroatoms. The Balaban J connectivity index is 0.00000364. The van der Waals surface area contributed by atoms with Crippen LogP contribution < -0.4 is 10.6 Å². The first kappa shape index (κ1) is 23.5. The first-order valence-electron chi connectivity index (χ1n) is 8.54. The maximum atomic E-state index is 11.8. The van der Waals surface area contributed by atoms with E-state index >= 15 is 0 Å². The van der Waals surface area contributed by atoms with E-state index < -0.39 is 0 Å². The maximum absolute atomic E-state index is 11.8. The number of amides is 1. The Morgan fingerprint density at radius 2 is 1.93 bits per heavy atom. The van der Waals surface area contributed by atoms with Crippen LogP contribution >= 0.6 is 39.9 Å². The molecule has 1 aromatic carbocycles. The number of hydrogen-bond acceptors (Lipinski definition) is 2. The number of carbonyl (C=O) groups excluding carboxylic acids is 1. The highest BCUT2D eigenvalue weighted by atomic mass is 127. The van der Waals surface area contributed by atoms with Gasteiger partial charge in [-0.2, -0.15) is 0 Å². The Kier molecular flexibility index (Phi) is 9.86. The van der Waals surface area contributed by atoms with Crippen LogP contribution in [0.3, 0.4) is 0 Å². The largest absolute Gasteiger partial charge is 0.352 e. The molecule has 1 amide bonds. The summed E-state index contributed by atoms with van der Waals surface area (Å²) in [5, 5.41) is 6.16. The summed E-state index contributed by atoms with van der Waals surface area (Å²) < 4.78 is 3.16. The minimum absolute atomic E-state index is 0. The summed E-state index contributed by atoms with van der Waals surface area (Å²) in [6.07, 6.45) is 2.04. The molecule has 0 fully saturated rings. The van der Waals surface area contributed by atoms with E-state index in [1.807, 2.05) is 51.5 Å². The number of nitrogens with zero attached hydrogens (tertiary/aromatic N) is 3. The number of guanidine groups is 1. The van der Waals surface area contributed by atoms with Gasteiger partial charge in [0, 0.05) is 56.2 Å². The lowest BCUT2D eigenvalue weighted by atomic mass is 10.1. The lowest BCUT2D eigenvalue weighted by molar-refractivity contribution is 0.0956. The number of hydrogen-bond donors (Lipinski definition) is 2. The smallest absolute Gasteiger partial charge is 0.251 e. The molecule has 2 rings (SSSR count). The third-order valence-corrected chi connectivity index (χ3v) is 4.48. The number of carbonyl (C=O) groups is 1. The van der Waals surface area contributed by atoms with E-state index in [2.05, 4.69) is 47.1 Å². The van der Waals surface area contributed by atoms with Gasteiger partial charge in [0.15, 0.2) is 5.96 Å². The highest BCUT2D eigenvalue weighted by molar-refractivity contribution is 14.0. The van der Waals surface area contributed by atoms with Crippen LogP contribution in [0, 0.1) is 0 Å². The maximum Gasteiger partial charge on any atom is 0.251 e. The van der Waals surface area contributed by atoms with Crippen molar-refractivity contribution in [1.82, 2.24) is 20.1 Å². The summed E-state index contributed by atoms with van der Waals surface area (Å²) in [4.78, 5) is 18.2. The molecular formula is C19H27BrIN5O. The zero-order chi connectivity index (χ0) is 19.1. The number of benzene rings is 1. The van der Waals surface area contributed by atoms with Crippen molar-refractivity contribution in [3.05, 3.63) is 57.8 Å². The lowest BCUT2D eigenvalue weighted by Crippen LogP contribution is -2.38. The van der Waals surface area contributed by atoms with Gasteiger partial charge in [0.05, 0.1) is 6.54 Å². The van der Waals surface area contributed by atoms with Crippen LogP contribution in [0.25, 0.3) is 0 Å². The van der Waals surface area contributed by atoms with Gasteiger partial charge in [-0.1, -0.05) is 12.1 Å². The molecule has 0 aliphatic carbocycles. The highest BCUT2D eigenvalue weighted by Crippen LogP contribution is 2.15. The normalized spacial score (nSPS) is 10.9. The van der Waals surface area contributed by atoms with Crippen LogP contribution in [0.15, 0.2) is 46.0 Å². The van der Waals surface area contributed by atoms with Crippen LogP contribution in [0.5, 0.6) is 0 Å². The van der Waals surface area contributed by atoms with Gasteiger partial charge in [0.1, 0.15) is 0 Å². The van der Waals surface area contributed by atoms with Gasteiger partial charge in [-0.05, 0) is 46.6 Å². The quantitative estimate of drug-likeness (QED) is 0.331. The van der Waals surface area contributed by atoms with Crippen molar-refractivity contribution < 1.29 is 4.79 Å². The average molecular weight is 548 g/mol. The highest BCUT2D eigenvalue weighted by Gasteiger charge is 2.10.